The number of nitriles is 1. The number of aromatic amines is 1. The van der Waals surface area contributed by atoms with Crippen LogP contribution in [-0.2, 0) is 6.42 Å². The molecule has 3 aromatic carbocycles. The number of H-pyrrole nitrogens is 1. The molecule has 0 radical (unpaired) electrons. The quantitative estimate of drug-likeness (QED) is 0.532. The van der Waals surface area contributed by atoms with E-state index in [1.165, 1.54) is 7.11 Å². The second kappa shape index (κ2) is 7.49. The van der Waals surface area contributed by atoms with E-state index < -0.39 is 5.97 Å². The molecule has 4 aromatic rings. The summed E-state index contributed by atoms with van der Waals surface area (Å²) in [6, 6.07) is 21.3. The molecule has 1 aromatic heterocycles. The number of hydrogen-bond acceptors (Lipinski definition) is 4. The SMILES string of the molecule is COc1nc2c(Cc3ccc(-c4ccccc4C#N)cc3)ccc(C(=O)O)c2[nH]1. The Hall–Kier alpha value is -4.11. The van der Waals surface area contributed by atoms with E-state index >= 15 is 0 Å². The number of hydrogen-bond donors (Lipinski definition) is 2. The predicted molar refractivity (Wildman–Crippen MR) is 109 cm³/mol. The van der Waals surface area contributed by atoms with Gasteiger partial charge in [-0.3, -0.25) is 0 Å². The van der Waals surface area contributed by atoms with Crippen molar-refractivity contribution in [1.82, 2.24) is 9.97 Å². The largest absolute Gasteiger partial charge is 0.478 e. The molecule has 0 amide bonds. The van der Waals surface area contributed by atoms with Gasteiger partial charge in [0.2, 0.25) is 0 Å². The van der Waals surface area contributed by atoms with Gasteiger partial charge in [0.05, 0.1) is 35.3 Å². The molecule has 0 fully saturated rings. The molecule has 0 saturated carbocycles. The maximum atomic E-state index is 11.5. The van der Waals surface area contributed by atoms with Crippen molar-refractivity contribution in [3.05, 3.63) is 82.9 Å². The Bertz CT molecular complexity index is 1250. The number of rotatable bonds is 5. The van der Waals surface area contributed by atoms with Crippen molar-refractivity contribution in [3.8, 4) is 23.2 Å². The monoisotopic (exact) mass is 383 g/mol. The number of ether oxygens (including phenoxy) is 1. The standard InChI is InChI=1S/C23H17N3O3/c1-29-23-25-20-16(10-11-19(22(27)28)21(20)26-23)12-14-6-8-15(9-7-14)18-5-3-2-4-17(18)13-24/h2-11H,12H2,1H3,(H,25,26)(H,27,28). The van der Waals surface area contributed by atoms with Gasteiger partial charge in [-0.25, -0.2) is 4.79 Å². The Labute approximate surface area is 167 Å². The van der Waals surface area contributed by atoms with Gasteiger partial charge in [-0.1, -0.05) is 48.5 Å². The van der Waals surface area contributed by atoms with E-state index in [2.05, 4.69) is 16.0 Å². The van der Waals surface area contributed by atoms with Crippen LogP contribution in [0.4, 0.5) is 0 Å². The van der Waals surface area contributed by atoms with E-state index in [4.69, 9.17) is 4.74 Å². The molecule has 29 heavy (non-hydrogen) atoms. The van der Waals surface area contributed by atoms with E-state index in [0.29, 0.717) is 23.0 Å². The smallest absolute Gasteiger partial charge is 0.337 e. The molecule has 0 aliphatic heterocycles. The molecular formula is C23H17N3O3. The molecule has 0 aliphatic rings. The second-order valence-electron chi connectivity index (χ2n) is 6.58. The van der Waals surface area contributed by atoms with Crippen molar-refractivity contribution in [1.29, 1.82) is 5.26 Å². The van der Waals surface area contributed by atoms with Crippen LogP contribution in [0.25, 0.3) is 22.2 Å². The highest BCUT2D eigenvalue weighted by Crippen LogP contribution is 2.27. The van der Waals surface area contributed by atoms with E-state index in [1.54, 1.807) is 18.2 Å². The fraction of sp³-hybridized carbons (Fsp3) is 0.0870. The lowest BCUT2D eigenvalue weighted by molar-refractivity contribution is 0.0699. The first-order chi connectivity index (χ1) is 14.1. The summed E-state index contributed by atoms with van der Waals surface area (Å²) in [4.78, 5) is 18.8. The van der Waals surface area contributed by atoms with Crippen LogP contribution in [0.5, 0.6) is 6.01 Å². The maximum Gasteiger partial charge on any atom is 0.337 e. The van der Waals surface area contributed by atoms with Crippen molar-refractivity contribution in [2.24, 2.45) is 0 Å². The average Bonchev–Trinajstić information content (AvgIpc) is 3.19. The van der Waals surface area contributed by atoms with Crippen molar-refractivity contribution >= 4 is 17.0 Å². The number of carboxylic acids is 1. The maximum absolute atomic E-state index is 11.5. The minimum atomic E-state index is -1.02. The topological polar surface area (TPSA) is 99.0 Å². The molecule has 0 spiro atoms. The first-order valence-corrected chi connectivity index (χ1v) is 8.98. The molecule has 142 valence electrons. The summed E-state index contributed by atoms with van der Waals surface area (Å²) in [5.74, 6) is -1.02. The number of aromatic nitrogens is 2. The molecule has 0 atom stereocenters. The predicted octanol–water partition coefficient (Wildman–Crippen LogP) is 4.40. The zero-order chi connectivity index (χ0) is 20.4. The van der Waals surface area contributed by atoms with Gasteiger partial charge < -0.3 is 14.8 Å². The summed E-state index contributed by atoms with van der Waals surface area (Å²) in [6.07, 6.45) is 0.588. The molecule has 0 unspecified atom stereocenters. The zero-order valence-corrected chi connectivity index (χ0v) is 15.6. The number of nitrogens with one attached hydrogen (secondary N) is 1. The summed E-state index contributed by atoms with van der Waals surface area (Å²) in [5.41, 5.74) is 5.64. The first-order valence-electron chi connectivity index (χ1n) is 8.98. The second-order valence-corrected chi connectivity index (χ2v) is 6.58. The molecule has 2 N–H and O–H groups in total. The van der Waals surface area contributed by atoms with Crippen LogP contribution in [0.3, 0.4) is 0 Å². The van der Waals surface area contributed by atoms with Crippen LogP contribution in [0, 0.1) is 11.3 Å². The molecule has 1 heterocycles. The Kier molecular flexibility index (Phi) is 4.71. The highest BCUT2D eigenvalue weighted by Gasteiger charge is 2.16. The summed E-state index contributed by atoms with van der Waals surface area (Å²) in [5, 5.41) is 18.7. The molecule has 6 heteroatoms. The third-order valence-electron chi connectivity index (χ3n) is 4.84. The summed E-state index contributed by atoms with van der Waals surface area (Å²) in [7, 11) is 1.48. The lowest BCUT2D eigenvalue weighted by Crippen LogP contribution is -1.99. The van der Waals surface area contributed by atoms with Gasteiger partial charge in [0.15, 0.2) is 0 Å². The number of nitrogens with zero attached hydrogens (tertiary/aromatic N) is 2. The van der Waals surface area contributed by atoms with E-state index in [-0.39, 0.29) is 11.6 Å². The lowest BCUT2D eigenvalue weighted by atomic mass is 9.97. The minimum absolute atomic E-state index is 0.156. The van der Waals surface area contributed by atoms with Crippen LogP contribution in [0.1, 0.15) is 27.0 Å². The minimum Gasteiger partial charge on any atom is -0.478 e. The lowest BCUT2D eigenvalue weighted by Gasteiger charge is -2.08. The first kappa shape index (κ1) is 18.3. The number of carbonyl (C=O) groups is 1. The molecular weight excluding hydrogens is 366 g/mol. The van der Waals surface area contributed by atoms with Gasteiger partial charge >= 0.3 is 5.97 Å². The van der Waals surface area contributed by atoms with E-state index in [9.17, 15) is 15.2 Å². The summed E-state index contributed by atoms with van der Waals surface area (Å²) in [6.45, 7) is 0. The number of fused-ring (bicyclic) bond motifs is 1. The van der Waals surface area contributed by atoms with Gasteiger partial charge in [-0.2, -0.15) is 10.2 Å². The van der Waals surface area contributed by atoms with Crippen molar-refractivity contribution < 1.29 is 14.6 Å². The fourth-order valence-electron chi connectivity index (χ4n) is 3.40. The number of imidazole rings is 1. The van der Waals surface area contributed by atoms with Gasteiger partial charge in [0.25, 0.3) is 6.01 Å². The summed E-state index contributed by atoms with van der Waals surface area (Å²) < 4.78 is 5.14. The molecule has 4 rings (SSSR count). The van der Waals surface area contributed by atoms with Crippen molar-refractivity contribution in [3.63, 3.8) is 0 Å². The van der Waals surface area contributed by atoms with Gasteiger partial charge in [-0.15, -0.1) is 0 Å². The highest BCUT2D eigenvalue weighted by molar-refractivity contribution is 6.02. The molecule has 0 saturated heterocycles. The Balaban J connectivity index is 1.69. The number of benzene rings is 3. The Morgan fingerprint density at radius 1 is 1.14 bits per heavy atom. The van der Waals surface area contributed by atoms with Crippen LogP contribution in [-0.4, -0.2) is 28.2 Å². The molecule has 6 nitrogen and oxygen atoms in total. The normalized spacial score (nSPS) is 10.6. The zero-order valence-electron chi connectivity index (χ0n) is 15.6. The molecule has 0 aliphatic carbocycles. The Morgan fingerprint density at radius 2 is 1.90 bits per heavy atom. The number of methoxy groups -OCH3 is 1. The number of aromatic carboxylic acids is 1. The third-order valence-corrected chi connectivity index (χ3v) is 4.84. The van der Waals surface area contributed by atoms with Crippen LogP contribution < -0.4 is 4.74 Å². The van der Waals surface area contributed by atoms with Crippen molar-refractivity contribution in [2.45, 2.75) is 6.42 Å². The highest BCUT2D eigenvalue weighted by atomic mass is 16.5. The molecule has 0 bridgehead atoms. The number of carboxylic acid groups (broad SMARTS) is 1. The van der Waals surface area contributed by atoms with Gasteiger partial charge in [-0.05, 0) is 40.8 Å². The van der Waals surface area contributed by atoms with Crippen molar-refractivity contribution in [2.75, 3.05) is 7.11 Å². The van der Waals surface area contributed by atoms with E-state index in [1.807, 2.05) is 42.5 Å². The van der Waals surface area contributed by atoms with Crippen LogP contribution in [0.2, 0.25) is 0 Å². The average molecular weight is 383 g/mol. The van der Waals surface area contributed by atoms with Gasteiger partial charge in [0.1, 0.15) is 0 Å². The Morgan fingerprint density at radius 3 is 2.59 bits per heavy atom. The van der Waals surface area contributed by atoms with Crippen LogP contribution in [0.15, 0.2) is 60.7 Å². The van der Waals surface area contributed by atoms with Crippen LogP contribution >= 0.6 is 0 Å². The van der Waals surface area contributed by atoms with E-state index in [0.717, 1.165) is 22.3 Å². The summed E-state index contributed by atoms with van der Waals surface area (Å²) >= 11 is 0. The fourth-order valence-corrected chi connectivity index (χ4v) is 3.40. The third kappa shape index (κ3) is 3.42. The van der Waals surface area contributed by atoms with Gasteiger partial charge in [0, 0.05) is 0 Å².